The van der Waals surface area contributed by atoms with Crippen molar-refractivity contribution in [3.63, 3.8) is 0 Å². The zero-order chi connectivity index (χ0) is 16.9. The van der Waals surface area contributed by atoms with Gasteiger partial charge < -0.3 is 0 Å². The van der Waals surface area contributed by atoms with Gasteiger partial charge in [-0.1, -0.05) is 66.7 Å². The van der Waals surface area contributed by atoms with Gasteiger partial charge in [-0.25, -0.2) is 4.99 Å². The Hall–Kier alpha value is -1.49. The van der Waals surface area contributed by atoms with Crippen LogP contribution in [0.1, 0.15) is 23.6 Å². The molecule has 1 heterocycles. The molecule has 0 amide bonds. The third kappa shape index (κ3) is 4.53. The first-order chi connectivity index (χ1) is 11.6. The standard InChI is InChI=1S/C19H16ClNOS2/c1-2-13-3-5-14(6-4-13)11-17-18(22)24-19(21-17)23-12-15-7-9-16(20)10-8-15/h3-11H,2,12H2,1H3/b17-11-. The molecule has 1 aliphatic heterocycles. The molecule has 0 saturated heterocycles. The van der Waals surface area contributed by atoms with Gasteiger partial charge in [-0.2, -0.15) is 0 Å². The molecule has 0 bridgehead atoms. The average molecular weight is 374 g/mol. The first kappa shape index (κ1) is 17.3. The van der Waals surface area contributed by atoms with E-state index < -0.39 is 0 Å². The normalized spacial score (nSPS) is 15.8. The fourth-order valence-corrected chi connectivity index (χ4v) is 4.11. The number of hydrogen-bond acceptors (Lipinski definition) is 4. The van der Waals surface area contributed by atoms with Crippen LogP contribution in [0.5, 0.6) is 0 Å². The number of thioether (sulfide) groups is 2. The van der Waals surface area contributed by atoms with Gasteiger partial charge >= 0.3 is 0 Å². The van der Waals surface area contributed by atoms with Gasteiger partial charge in [-0.05, 0) is 53.1 Å². The number of halogens is 1. The van der Waals surface area contributed by atoms with Crippen LogP contribution in [-0.2, 0) is 17.0 Å². The van der Waals surface area contributed by atoms with Crippen molar-refractivity contribution in [1.82, 2.24) is 0 Å². The molecule has 3 rings (SSSR count). The van der Waals surface area contributed by atoms with E-state index in [9.17, 15) is 4.79 Å². The number of benzene rings is 2. The Labute approximate surface area is 155 Å². The molecule has 24 heavy (non-hydrogen) atoms. The summed E-state index contributed by atoms with van der Waals surface area (Å²) in [6.45, 7) is 2.12. The summed E-state index contributed by atoms with van der Waals surface area (Å²) in [5.41, 5.74) is 3.96. The molecule has 0 atom stereocenters. The second-order valence-corrected chi connectivity index (χ2v) is 7.93. The Balaban J connectivity index is 1.67. The van der Waals surface area contributed by atoms with Gasteiger partial charge in [-0.15, -0.1) is 0 Å². The summed E-state index contributed by atoms with van der Waals surface area (Å²) >= 11 is 8.66. The maximum atomic E-state index is 12.1. The number of rotatable bonds is 4. The molecular formula is C19H16ClNOS2. The van der Waals surface area contributed by atoms with Crippen molar-refractivity contribution in [2.45, 2.75) is 19.1 Å². The average Bonchev–Trinajstić information content (AvgIpc) is 2.95. The van der Waals surface area contributed by atoms with Crippen LogP contribution in [0.25, 0.3) is 6.08 Å². The number of carbonyl (C=O) groups is 1. The maximum absolute atomic E-state index is 12.1. The molecule has 122 valence electrons. The smallest absolute Gasteiger partial charge is 0.244 e. The van der Waals surface area contributed by atoms with E-state index in [1.807, 2.05) is 42.5 Å². The summed E-state index contributed by atoms with van der Waals surface area (Å²) in [5, 5.41) is 0.735. The largest absolute Gasteiger partial charge is 0.279 e. The Kier molecular flexibility index (Phi) is 5.82. The topological polar surface area (TPSA) is 29.4 Å². The van der Waals surface area contributed by atoms with E-state index in [1.54, 1.807) is 11.8 Å². The summed E-state index contributed by atoms with van der Waals surface area (Å²) in [6.07, 6.45) is 2.86. The highest BCUT2D eigenvalue weighted by molar-refractivity contribution is 8.45. The highest BCUT2D eigenvalue weighted by Crippen LogP contribution is 2.32. The van der Waals surface area contributed by atoms with Crippen molar-refractivity contribution >= 4 is 50.7 Å². The van der Waals surface area contributed by atoms with E-state index in [2.05, 4.69) is 24.0 Å². The van der Waals surface area contributed by atoms with E-state index in [0.29, 0.717) is 5.70 Å². The summed E-state index contributed by atoms with van der Waals surface area (Å²) < 4.78 is 0.798. The van der Waals surface area contributed by atoms with Crippen LogP contribution in [0.4, 0.5) is 0 Å². The Morgan fingerprint density at radius 2 is 1.75 bits per heavy atom. The molecule has 0 saturated carbocycles. The molecule has 2 aromatic carbocycles. The molecule has 0 N–H and O–H groups in total. The lowest BCUT2D eigenvalue weighted by atomic mass is 10.1. The molecule has 0 radical (unpaired) electrons. The summed E-state index contributed by atoms with van der Waals surface area (Å²) in [6, 6.07) is 15.9. The lowest BCUT2D eigenvalue weighted by molar-refractivity contribution is -0.107. The van der Waals surface area contributed by atoms with Crippen LogP contribution >= 0.6 is 35.1 Å². The van der Waals surface area contributed by atoms with E-state index in [0.717, 1.165) is 32.7 Å². The second-order valence-electron chi connectivity index (χ2n) is 5.31. The van der Waals surface area contributed by atoms with Crippen LogP contribution in [0.3, 0.4) is 0 Å². The lowest BCUT2D eigenvalue weighted by Gasteiger charge is -1.99. The third-order valence-corrected chi connectivity index (χ3v) is 5.90. The highest BCUT2D eigenvalue weighted by atomic mass is 35.5. The minimum absolute atomic E-state index is 0.00757. The molecule has 5 heteroatoms. The van der Waals surface area contributed by atoms with Gasteiger partial charge in [0, 0.05) is 10.8 Å². The van der Waals surface area contributed by atoms with Gasteiger partial charge in [0.15, 0.2) is 0 Å². The highest BCUT2D eigenvalue weighted by Gasteiger charge is 2.22. The molecule has 0 aliphatic carbocycles. The predicted octanol–water partition coefficient (Wildman–Crippen LogP) is 5.81. The van der Waals surface area contributed by atoms with Crippen LogP contribution in [0.15, 0.2) is 59.2 Å². The van der Waals surface area contributed by atoms with Crippen LogP contribution < -0.4 is 0 Å². The van der Waals surface area contributed by atoms with Gasteiger partial charge in [-0.3, -0.25) is 4.79 Å². The van der Waals surface area contributed by atoms with Gasteiger partial charge in [0.25, 0.3) is 0 Å². The predicted molar refractivity (Wildman–Crippen MR) is 107 cm³/mol. The molecule has 2 aromatic rings. The van der Waals surface area contributed by atoms with Crippen molar-refractivity contribution in [2.24, 2.45) is 4.99 Å². The minimum Gasteiger partial charge on any atom is -0.279 e. The van der Waals surface area contributed by atoms with E-state index in [-0.39, 0.29) is 5.12 Å². The maximum Gasteiger partial charge on any atom is 0.244 e. The van der Waals surface area contributed by atoms with Crippen molar-refractivity contribution in [3.8, 4) is 0 Å². The summed E-state index contributed by atoms with van der Waals surface area (Å²) in [7, 11) is 0. The molecule has 0 spiro atoms. The van der Waals surface area contributed by atoms with E-state index >= 15 is 0 Å². The zero-order valence-electron chi connectivity index (χ0n) is 13.2. The fraction of sp³-hybridized carbons (Fsp3) is 0.158. The van der Waals surface area contributed by atoms with Crippen LogP contribution in [0, 0.1) is 0 Å². The van der Waals surface area contributed by atoms with E-state index in [1.165, 1.54) is 17.3 Å². The van der Waals surface area contributed by atoms with Crippen molar-refractivity contribution in [1.29, 1.82) is 0 Å². The number of carbonyl (C=O) groups excluding carboxylic acids is 1. The first-order valence-electron chi connectivity index (χ1n) is 7.63. The van der Waals surface area contributed by atoms with Crippen molar-refractivity contribution < 1.29 is 4.79 Å². The number of aliphatic imine (C=N–C) groups is 1. The Morgan fingerprint density at radius 1 is 1.08 bits per heavy atom. The van der Waals surface area contributed by atoms with E-state index in [4.69, 9.17) is 11.6 Å². The van der Waals surface area contributed by atoms with Gasteiger partial charge in [0.2, 0.25) is 5.12 Å². The Morgan fingerprint density at radius 3 is 2.42 bits per heavy atom. The van der Waals surface area contributed by atoms with Crippen molar-refractivity contribution in [3.05, 3.63) is 75.9 Å². The molecule has 2 nitrogen and oxygen atoms in total. The van der Waals surface area contributed by atoms with Crippen LogP contribution in [-0.4, -0.2) is 9.49 Å². The summed E-state index contributed by atoms with van der Waals surface area (Å²) in [4.78, 5) is 16.6. The quantitative estimate of drug-likeness (QED) is 0.633. The fourth-order valence-electron chi connectivity index (χ4n) is 2.18. The first-order valence-corrected chi connectivity index (χ1v) is 9.81. The molecule has 0 fully saturated rings. The molecule has 0 aromatic heterocycles. The number of nitrogens with zero attached hydrogens (tertiary/aromatic N) is 1. The van der Waals surface area contributed by atoms with Crippen molar-refractivity contribution in [2.75, 3.05) is 0 Å². The monoisotopic (exact) mass is 373 g/mol. The summed E-state index contributed by atoms with van der Waals surface area (Å²) in [5.74, 6) is 0.773. The zero-order valence-corrected chi connectivity index (χ0v) is 15.5. The van der Waals surface area contributed by atoms with Crippen LogP contribution in [0.2, 0.25) is 5.02 Å². The SMILES string of the molecule is CCc1ccc(/C=C2\N=C(SCc3ccc(Cl)cc3)SC2=O)cc1. The second kappa shape index (κ2) is 8.06. The third-order valence-electron chi connectivity index (χ3n) is 3.57. The number of aryl methyl sites for hydroxylation is 1. The lowest BCUT2D eigenvalue weighted by Crippen LogP contribution is -1.88. The molecule has 0 unspecified atom stereocenters. The molecular weight excluding hydrogens is 358 g/mol. The Bertz CT molecular complexity index is 795. The minimum atomic E-state index is 0.00757. The van der Waals surface area contributed by atoms with Gasteiger partial charge in [0.1, 0.15) is 10.1 Å². The number of hydrogen-bond donors (Lipinski definition) is 0. The molecule has 1 aliphatic rings. The van der Waals surface area contributed by atoms with Gasteiger partial charge in [0.05, 0.1) is 0 Å².